The van der Waals surface area contributed by atoms with Gasteiger partial charge in [-0.05, 0) is 35.9 Å². The van der Waals surface area contributed by atoms with Crippen molar-refractivity contribution in [1.29, 1.82) is 15.8 Å². The molecular formula is C18H10N4O. The molecule has 5 nitrogen and oxygen atoms in total. The number of amides is 1. The third-order valence-electron chi connectivity index (χ3n) is 3.02. The minimum absolute atomic E-state index is 0.198. The number of carbonyl (C=O) groups is 1. The van der Waals surface area contributed by atoms with Crippen LogP contribution in [-0.4, -0.2) is 5.91 Å². The molecular weight excluding hydrogens is 288 g/mol. The summed E-state index contributed by atoms with van der Waals surface area (Å²) < 4.78 is 0. The number of hydrogen-bond donors (Lipinski definition) is 1. The summed E-state index contributed by atoms with van der Waals surface area (Å²) in [7, 11) is 0. The zero-order valence-corrected chi connectivity index (χ0v) is 11.9. The van der Waals surface area contributed by atoms with E-state index in [4.69, 9.17) is 15.8 Å². The number of carbonyl (C=O) groups excluding carboxylic acids is 1. The van der Waals surface area contributed by atoms with Crippen molar-refractivity contribution < 1.29 is 4.79 Å². The maximum atomic E-state index is 11.9. The van der Waals surface area contributed by atoms with Crippen molar-refractivity contribution in [1.82, 2.24) is 0 Å². The number of nitriles is 3. The summed E-state index contributed by atoms with van der Waals surface area (Å²) in [4.78, 5) is 11.9. The molecule has 5 heteroatoms. The van der Waals surface area contributed by atoms with Crippen LogP contribution in [-0.2, 0) is 4.79 Å². The Labute approximate surface area is 133 Å². The highest BCUT2D eigenvalue weighted by Crippen LogP contribution is 2.15. The minimum Gasteiger partial charge on any atom is -0.322 e. The fourth-order valence-corrected chi connectivity index (χ4v) is 1.91. The highest BCUT2D eigenvalue weighted by molar-refractivity contribution is 6.02. The van der Waals surface area contributed by atoms with Crippen molar-refractivity contribution in [2.75, 3.05) is 5.32 Å². The van der Waals surface area contributed by atoms with Crippen LogP contribution in [0.25, 0.3) is 6.08 Å². The van der Waals surface area contributed by atoms with Crippen LogP contribution < -0.4 is 5.32 Å². The second kappa shape index (κ2) is 7.22. The molecule has 0 fully saturated rings. The van der Waals surface area contributed by atoms with Gasteiger partial charge < -0.3 is 5.32 Å². The molecule has 1 N–H and O–H groups in total. The molecule has 0 bridgehead atoms. The van der Waals surface area contributed by atoms with Crippen LogP contribution >= 0.6 is 0 Å². The van der Waals surface area contributed by atoms with Crippen LogP contribution in [0.2, 0.25) is 0 Å². The number of benzene rings is 2. The van der Waals surface area contributed by atoms with Crippen molar-refractivity contribution >= 4 is 17.7 Å². The standard InChI is InChI=1S/C18H10N4O/c19-10-14-4-2-1-3-13(14)6-8-18(23)22-17-7-5-15(11-20)16(9-17)12-21/h1-9H,(H,22,23)/b8-6+. The summed E-state index contributed by atoms with van der Waals surface area (Å²) >= 11 is 0. The first-order chi connectivity index (χ1) is 11.2. The van der Waals surface area contributed by atoms with Crippen LogP contribution in [0.3, 0.4) is 0 Å². The van der Waals surface area contributed by atoms with E-state index in [1.807, 2.05) is 18.2 Å². The van der Waals surface area contributed by atoms with E-state index in [-0.39, 0.29) is 11.1 Å². The fourth-order valence-electron chi connectivity index (χ4n) is 1.91. The zero-order chi connectivity index (χ0) is 16.7. The summed E-state index contributed by atoms with van der Waals surface area (Å²) in [6.45, 7) is 0. The van der Waals surface area contributed by atoms with Gasteiger partial charge in [-0.2, -0.15) is 15.8 Å². The van der Waals surface area contributed by atoms with Gasteiger partial charge in [0.1, 0.15) is 12.1 Å². The molecule has 0 aliphatic heterocycles. The van der Waals surface area contributed by atoms with E-state index in [2.05, 4.69) is 5.32 Å². The molecule has 0 saturated carbocycles. The Balaban J connectivity index is 2.15. The van der Waals surface area contributed by atoms with Gasteiger partial charge in [0.2, 0.25) is 5.91 Å². The van der Waals surface area contributed by atoms with Crippen LogP contribution in [0.1, 0.15) is 22.3 Å². The topological polar surface area (TPSA) is 100 Å². The molecule has 0 heterocycles. The predicted molar refractivity (Wildman–Crippen MR) is 84.7 cm³/mol. The minimum atomic E-state index is -0.397. The SMILES string of the molecule is N#Cc1ccc(NC(=O)/C=C/c2ccccc2C#N)cc1C#N. The average molecular weight is 298 g/mol. The summed E-state index contributed by atoms with van der Waals surface area (Å²) in [6, 6.07) is 17.2. The van der Waals surface area contributed by atoms with Gasteiger partial charge in [-0.1, -0.05) is 18.2 Å². The quantitative estimate of drug-likeness (QED) is 0.880. The smallest absolute Gasteiger partial charge is 0.248 e. The van der Waals surface area contributed by atoms with E-state index >= 15 is 0 Å². The van der Waals surface area contributed by atoms with Crippen LogP contribution in [0.4, 0.5) is 5.69 Å². The Morgan fingerprint density at radius 1 is 0.913 bits per heavy atom. The molecule has 0 saturated heterocycles. The van der Waals surface area contributed by atoms with Gasteiger partial charge in [0.25, 0.3) is 0 Å². The maximum Gasteiger partial charge on any atom is 0.248 e. The predicted octanol–water partition coefficient (Wildman–Crippen LogP) is 2.95. The van der Waals surface area contributed by atoms with E-state index in [1.54, 1.807) is 36.4 Å². The second-order valence-corrected chi connectivity index (χ2v) is 4.51. The number of hydrogen-bond acceptors (Lipinski definition) is 4. The largest absolute Gasteiger partial charge is 0.322 e. The van der Waals surface area contributed by atoms with E-state index in [1.165, 1.54) is 18.2 Å². The Bertz CT molecular complexity index is 908. The summed E-state index contributed by atoms with van der Waals surface area (Å²) in [5.74, 6) is -0.397. The van der Waals surface area contributed by atoms with E-state index in [0.717, 1.165) is 0 Å². The summed E-state index contributed by atoms with van der Waals surface area (Å²) in [5.41, 5.74) is 1.99. The Morgan fingerprint density at radius 2 is 1.61 bits per heavy atom. The van der Waals surface area contributed by atoms with Crippen molar-refractivity contribution in [2.24, 2.45) is 0 Å². The first kappa shape index (κ1) is 15.5. The number of anilines is 1. The molecule has 0 unspecified atom stereocenters. The molecule has 2 aromatic rings. The van der Waals surface area contributed by atoms with Gasteiger partial charge >= 0.3 is 0 Å². The van der Waals surface area contributed by atoms with Crippen LogP contribution in [0, 0.1) is 34.0 Å². The first-order valence-electron chi connectivity index (χ1n) is 6.60. The van der Waals surface area contributed by atoms with Gasteiger partial charge in [0.15, 0.2) is 0 Å². The van der Waals surface area contributed by atoms with Gasteiger partial charge in [-0.15, -0.1) is 0 Å². The van der Waals surface area contributed by atoms with Crippen LogP contribution in [0.5, 0.6) is 0 Å². The molecule has 0 aliphatic rings. The fraction of sp³-hybridized carbons (Fsp3) is 0. The molecule has 2 rings (SSSR count). The molecule has 108 valence electrons. The summed E-state index contributed by atoms with van der Waals surface area (Å²) in [5, 5.41) is 29.4. The number of nitrogens with one attached hydrogen (secondary N) is 1. The molecule has 0 aliphatic carbocycles. The monoisotopic (exact) mass is 298 g/mol. The van der Waals surface area contributed by atoms with Gasteiger partial charge in [-0.3, -0.25) is 4.79 Å². The van der Waals surface area contributed by atoms with Gasteiger partial charge in [0.05, 0.1) is 22.8 Å². The molecule has 1 amide bonds. The molecule has 0 aromatic heterocycles. The normalized spacial score (nSPS) is 9.61. The lowest BCUT2D eigenvalue weighted by Gasteiger charge is -2.03. The molecule has 2 aromatic carbocycles. The Kier molecular flexibility index (Phi) is 4.87. The molecule has 23 heavy (non-hydrogen) atoms. The Morgan fingerprint density at radius 3 is 2.30 bits per heavy atom. The lowest BCUT2D eigenvalue weighted by atomic mass is 10.1. The van der Waals surface area contributed by atoms with Gasteiger partial charge in [-0.25, -0.2) is 0 Å². The van der Waals surface area contributed by atoms with Gasteiger partial charge in [0, 0.05) is 11.8 Å². The molecule has 0 spiro atoms. The summed E-state index contributed by atoms with van der Waals surface area (Å²) in [6.07, 6.45) is 2.85. The van der Waals surface area contributed by atoms with Crippen molar-refractivity contribution in [2.45, 2.75) is 0 Å². The Hall–Kier alpha value is -3.88. The molecule has 0 atom stereocenters. The first-order valence-corrected chi connectivity index (χ1v) is 6.60. The zero-order valence-electron chi connectivity index (χ0n) is 11.9. The van der Waals surface area contributed by atoms with Crippen molar-refractivity contribution in [3.05, 3.63) is 70.8 Å². The average Bonchev–Trinajstić information content (AvgIpc) is 2.60. The van der Waals surface area contributed by atoms with Crippen LogP contribution in [0.15, 0.2) is 48.5 Å². The highest BCUT2D eigenvalue weighted by Gasteiger charge is 2.05. The number of nitrogens with zero attached hydrogens (tertiary/aromatic N) is 3. The third kappa shape index (κ3) is 3.82. The van der Waals surface area contributed by atoms with E-state index < -0.39 is 5.91 Å². The van der Waals surface area contributed by atoms with E-state index in [0.29, 0.717) is 16.8 Å². The second-order valence-electron chi connectivity index (χ2n) is 4.51. The van der Waals surface area contributed by atoms with Crippen molar-refractivity contribution in [3.8, 4) is 18.2 Å². The number of rotatable bonds is 3. The lowest BCUT2D eigenvalue weighted by molar-refractivity contribution is -0.111. The maximum absolute atomic E-state index is 11.9. The highest BCUT2D eigenvalue weighted by atomic mass is 16.1. The van der Waals surface area contributed by atoms with E-state index in [9.17, 15) is 4.79 Å². The third-order valence-corrected chi connectivity index (χ3v) is 3.02. The molecule has 0 radical (unpaired) electrons. The van der Waals surface area contributed by atoms with Crippen molar-refractivity contribution in [3.63, 3.8) is 0 Å². The lowest BCUT2D eigenvalue weighted by Crippen LogP contribution is -2.08.